The van der Waals surface area contributed by atoms with Gasteiger partial charge in [0.05, 0.1) is 6.20 Å². The summed E-state index contributed by atoms with van der Waals surface area (Å²) in [7, 11) is 0. The molecule has 1 aromatic heterocycles. The van der Waals surface area contributed by atoms with E-state index < -0.39 is 11.9 Å². The summed E-state index contributed by atoms with van der Waals surface area (Å²) in [6.45, 7) is 2.11. The maximum absolute atomic E-state index is 12.1. The van der Waals surface area contributed by atoms with Crippen LogP contribution >= 0.6 is 11.6 Å². The second-order valence-electron chi connectivity index (χ2n) is 3.87. The molecule has 6 nitrogen and oxygen atoms in total. The lowest BCUT2D eigenvalue weighted by Gasteiger charge is -2.07. The highest BCUT2D eigenvalue weighted by Crippen LogP contribution is 2.18. The predicted molar refractivity (Wildman–Crippen MR) is 71.3 cm³/mol. The van der Waals surface area contributed by atoms with Crippen molar-refractivity contribution in [2.75, 3.05) is 0 Å². The van der Waals surface area contributed by atoms with Gasteiger partial charge in [-0.25, -0.2) is 9.59 Å². The second-order valence-corrected chi connectivity index (χ2v) is 4.31. The zero-order valence-corrected chi connectivity index (χ0v) is 11.3. The Balaban J connectivity index is 2.31. The van der Waals surface area contributed by atoms with Crippen LogP contribution in [0, 0.1) is 0 Å². The van der Waals surface area contributed by atoms with Gasteiger partial charge in [0.1, 0.15) is 11.3 Å². The van der Waals surface area contributed by atoms with Crippen LogP contribution in [0.3, 0.4) is 0 Å². The number of rotatable bonds is 4. The number of hydrogen-bond donors (Lipinski definition) is 1. The fourth-order valence-electron chi connectivity index (χ4n) is 1.65. The van der Waals surface area contributed by atoms with Crippen LogP contribution in [0.4, 0.5) is 0 Å². The monoisotopic (exact) mass is 294 g/mol. The minimum absolute atomic E-state index is 0.0880. The van der Waals surface area contributed by atoms with E-state index in [-0.39, 0.29) is 17.0 Å². The molecule has 20 heavy (non-hydrogen) atoms. The van der Waals surface area contributed by atoms with E-state index in [1.165, 1.54) is 16.8 Å². The first-order chi connectivity index (χ1) is 9.52. The van der Waals surface area contributed by atoms with E-state index >= 15 is 0 Å². The standard InChI is InChI=1S/C13H11ClN2O4/c1-2-16-11(10(7-15-16)12(17)18)13(19)20-9-5-3-8(14)4-6-9/h3-7H,2H2,1H3,(H,17,18). The highest BCUT2D eigenvalue weighted by atomic mass is 35.5. The first kappa shape index (κ1) is 14.1. The van der Waals surface area contributed by atoms with E-state index in [0.29, 0.717) is 11.6 Å². The smallest absolute Gasteiger partial charge is 0.362 e. The molecule has 0 spiro atoms. The molecule has 1 aromatic carbocycles. The Morgan fingerprint density at radius 3 is 2.55 bits per heavy atom. The van der Waals surface area contributed by atoms with Gasteiger partial charge >= 0.3 is 11.9 Å². The number of hydrogen-bond acceptors (Lipinski definition) is 4. The molecule has 0 saturated heterocycles. The largest absolute Gasteiger partial charge is 0.478 e. The molecule has 0 radical (unpaired) electrons. The van der Waals surface area contributed by atoms with Crippen molar-refractivity contribution >= 4 is 23.5 Å². The molecule has 1 N–H and O–H groups in total. The lowest BCUT2D eigenvalue weighted by molar-refractivity contribution is 0.0662. The van der Waals surface area contributed by atoms with Gasteiger partial charge < -0.3 is 9.84 Å². The Hall–Kier alpha value is -2.34. The van der Waals surface area contributed by atoms with Crippen molar-refractivity contribution in [3.8, 4) is 5.75 Å². The van der Waals surface area contributed by atoms with Gasteiger partial charge in [-0.1, -0.05) is 11.6 Å². The number of aromatic carboxylic acids is 1. The number of halogens is 1. The van der Waals surface area contributed by atoms with Crippen LogP contribution in [0.15, 0.2) is 30.5 Å². The fourth-order valence-corrected chi connectivity index (χ4v) is 1.78. The molecule has 0 aliphatic heterocycles. The quantitative estimate of drug-likeness (QED) is 0.692. The van der Waals surface area contributed by atoms with Gasteiger partial charge in [0.2, 0.25) is 0 Å². The highest BCUT2D eigenvalue weighted by molar-refractivity contribution is 6.30. The van der Waals surface area contributed by atoms with E-state index in [0.717, 1.165) is 6.20 Å². The molecule has 7 heteroatoms. The number of nitrogens with zero attached hydrogens (tertiary/aromatic N) is 2. The van der Waals surface area contributed by atoms with Crippen molar-refractivity contribution in [3.63, 3.8) is 0 Å². The van der Waals surface area contributed by atoms with Crippen LogP contribution in [-0.4, -0.2) is 26.8 Å². The molecule has 2 rings (SSSR count). The van der Waals surface area contributed by atoms with E-state index in [1.807, 2.05) is 0 Å². The number of benzene rings is 1. The van der Waals surface area contributed by atoms with Crippen molar-refractivity contribution in [1.82, 2.24) is 9.78 Å². The first-order valence-corrected chi connectivity index (χ1v) is 6.17. The maximum atomic E-state index is 12.1. The molecular formula is C13H11ClN2O4. The van der Waals surface area contributed by atoms with Crippen LogP contribution in [0.25, 0.3) is 0 Å². The zero-order chi connectivity index (χ0) is 14.7. The fraction of sp³-hybridized carbons (Fsp3) is 0.154. The molecule has 0 fully saturated rings. The third-order valence-corrected chi connectivity index (χ3v) is 2.84. The molecular weight excluding hydrogens is 284 g/mol. The summed E-state index contributed by atoms with van der Waals surface area (Å²) in [4.78, 5) is 23.2. The van der Waals surface area contributed by atoms with Crippen LogP contribution < -0.4 is 4.74 Å². The summed E-state index contributed by atoms with van der Waals surface area (Å²) < 4.78 is 6.40. The van der Waals surface area contributed by atoms with Gasteiger partial charge in [0, 0.05) is 11.6 Å². The van der Waals surface area contributed by atoms with E-state index in [1.54, 1.807) is 19.1 Å². The van der Waals surface area contributed by atoms with Gasteiger partial charge in [-0.2, -0.15) is 5.10 Å². The minimum atomic E-state index is -1.23. The van der Waals surface area contributed by atoms with Gasteiger partial charge in [0.15, 0.2) is 5.69 Å². The predicted octanol–water partition coefficient (Wildman–Crippen LogP) is 2.47. The molecule has 104 valence electrons. The summed E-state index contributed by atoms with van der Waals surface area (Å²) >= 11 is 5.73. The molecule has 2 aromatic rings. The Bertz CT molecular complexity index is 649. The Morgan fingerprint density at radius 2 is 2.00 bits per heavy atom. The van der Waals surface area contributed by atoms with Gasteiger partial charge in [-0.3, -0.25) is 4.68 Å². The maximum Gasteiger partial charge on any atom is 0.362 e. The molecule has 0 aliphatic carbocycles. The summed E-state index contributed by atoms with van der Waals surface area (Å²) in [5, 5.41) is 13.4. The number of carboxylic acid groups (broad SMARTS) is 1. The number of carbonyl (C=O) groups is 2. The van der Waals surface area contributed by atoms with Crippen LogP contribution in [0.2, 0.25) is 5.02 Å². The van der Waals surface area contributed by atoms with Gasteiger partial charge in [-0.05, 0) is 31.2 Å². The average Bonchev–Trinajstić information content (AvgIpc) is 2.85. The third kappa shape index (κ3) is 2.80. The molecule has 0 aliphatic rings. The molecule has 1 heterocycles. The van der Waals surface area contributed by atoms with Crippen molar-refractivity contribution < 1.29 is 19.4 Å². The van der Waals surface area contributed by atoms with Crippen LogP contribution in [-0.2, 0) is 6.54 Å². The molecule has 0 bridgehead atoms. The van der Waals surface area contributed by atoms with Gasteiger partial charge in [-0.15, -0.1) is 0 Å². The first-order valence-electron chi connectivity index (χ1n) is 5.79. The topological polar surface area (TPSA) is 81.4 Å². The van der Waals surface area contributed by atoms with Crippen molar-refractivity contribution in [2.45, 2.75) is 13.5 Å². The lowest BCUT2D eigenvalue weighted by Crippen LogP contribution is -2.18. The highest BCUT2D eigenvalue weighted by Gasteiger charge is 2.24. The summed E-state index contributed by atoms with van der Waals surface area (Å²) in [5.41, 5.74) is -0.277. The van der Waals surface area contributed by atoms with Crippen molar-refractivity contribution in [3.05, 3.63) is 46.7 Å². The Kier molecular flexibility index (Phi) is 4.05. The number of aromatic nitrogens is 2. The number of aryl methyl sites for hydroxylation is 1. The van der Waals surface area contributed by atoms with Crippen LogP contribution in [0.1, 0.15) is 27.8 Å². The number of carboxylic acids is 1. The van der Waals surface area contributed by atoms with Crippen molar-refractivity contribution in [2.24, 2.45) is 0 Å². The SMILES string of the molecule is CCn1ncc(C(=O)O)c1C(=O)Oc1ccc(Cl)cc1. The lowest BCUT2D eigenvalue weighted by atomic mass is 10.2. The van der Waals surface area contributed by atoms with E-state index in [4.69, 9.17) is 21.4 Å². The summed E-state index contributed by atoms with van der Waals surface area (Å²) in [6.07, 6.45) is 1.13. The number of ether oxygens (including phenoxy) is 1. The number of esters is 1. The molecule has 0 amide bonds. The summed E-state index contributed by atoms with van der Waals surface area (Å²) in [6, 6.07) is 6.18. The van der Waals surface area contributed by atoms with Gasteiger partial charge in [0.25, 0.3) is 0 Å². The minimum Gasteiger partial charge on any atom is -0.478 e. The van der Waals surface area contributed by atoms with Crippen LogP contribution in [0.5, 0.6) is 5.75 Å². The average molecular weight is 295 g/mol. The zero-order valence-electron chi connectivity index (χ0n) is 10.5. The third-order valence-electron chi connectivity index (χ3n) is 2.59. The Labute approximate surface area is 119 Å². The van der Waals surface area contributed by atoms with E-state index in [2.05, 4.69) is 5.10 Å². The summed E-state index contributed by atoms with van der Waals surface area (Å²) in [5.74, 6) is -1.73. The molecule has 0 atom stereocenters. The molecule has 0 unspecified atom stereocenters. The number of carbonyl (C=O) groups excluding carboxylic acids is 1. The normalized spacial score (nSPS) is 10.3. The second kappa shape index (κ2) is 5.75. The van der Waals surface area contributed by atoms with E-state index in [9.17, 15) is 9.59 Å². The van der Waals surface area contributed by atoms with Crippen molar-refractivity contribution in [1.29, 1.82) is 0 Å². The molecule has 0 saturated carbocycles. The Morgan fingerprint density at radius 1 is 1.35 bits per heavy atom.